The van der Waals surface area contributed by atoms with Crippen LogP contribution in [-0.2, 0) is 0 Å². The summed E-state index contributed by atoms with van der Waals surface area (Å²) in [5.74, 6) is 0.269. The van der Waals surface area contributed by atoms with Gasteiger partial charge in [0.1, 0.15) is 16.1 Å². The largest absolute Gasteiger partial charge is 0.497 e. The van der Waals surface area contributed by atoms with Crippen LogP contribution in [0.2, 0.25) is 0 Å². The van der Waals surface area contributed by atoms with E-state index in [0.29, 0.717) is 21.8 Å². The first-order valence-electron chi connectivity index (χ1n) is 5.97. The molecule has 0 aliphatic heterocycles. The lowest BCUT2D eigenvalue weighted by Crippen LogP contribution is -2.12. The maximum absolute atomic E-state index is 12.3. The van der Waals surface area contributed by atoms with Gasteiger partial charge in [0.25, 0.3) is 11.5 Å². The normalized spacial score (nSPS) is 10.5. The SMILES string of the molecule is COc1cccc(NC(=O)c2snc3c(=O)[nH]cnc23)c1. The minimum Gasteiger partial charge on any atom is -0.497 e. The van der Waals surface area contributed by atoms with Crippen molar-refractivity contribution in [2.75, 3.05) is 12.4 Å². The molecular weight excluding hydrogens is 292 g/mol. The van der Waals surface area contributed by atoms with Gasteiger partial charge < -0.3 is 15.0 Å². The van der Waals surface area contributed by atoms with Crippen molar-refractivity contribution >= 4 is 34.2 Å². The van der Waals surface area contributed by atoms with Crippen molar-refractivity contribution in [2.45, 2.75) is 0 Å². The average molecular weight is 302 g/mol. The number of fused-ring (bicyclic) bond motifs is 1. The summed E-state index contributed by atoms with van der Waals surface area (Å²) in [6.45, 7) is 0. The Bertz CT molecular complexity index is 871. The molecule has 3 rings (SSSR count). The monoisotopic (exact) mass is 302 g/mol. The molecule has 0 spiro atoms. The third kappa shape index (κ3) is 2.48. The zero-order valence-corrected chi connectivity index (χ0v) is 11.7. The van der Waals surface area contributed by atoms with Gasteiger partial charge in [0.2, 0.25) is 0 Å². The van der Waals surface area contributed by atoms with Crippen LogP contribution in [0.5, 0.6) is 5.75 Å². The fourth-order valence-corrected chi connectivity index (χ4v) is 2.54. The molecular formula is C13H10N4O3S. The molecule has 7 nitrogen and oxygen atoms in total. The van der Waals surface area contributed by atoms with Crippen LogP contribution in [0.15, 0.2) is 35.4 Å². The van der Waals surface area contributed by atoms with Gasteiger partial charge in [-0.05, 0) is 23.7 Å². The lowest BCUT2D eigenvalue weighted by Gasteiger charge is -2.05. The highest BCUT2D eigenvalue weighted by atomic mass is 32.1. The van der Waals surface area contributed by atoms with E-state index in [9.17, 15) is 9.59 Å². The van der Waals surface area contributed by atoms with Crippen molar-refractivity contribution in [3.8, 4) is 5.75 Å². The van der Waals surface area contributed by atoms with Gasteiger partial charge in [0.05, 0.1) is 13.4 Å². The summed E-state index contributed by atoms with van der Waals surface area (Å²) in [4.78, 5) is 30.5. The van der Waals surface area contributed by atoms with E-state index in [1.165, 1.54) is 6.33 Å². The van der Waals surface area contributed by atoms with Crippen molar-refractivity contribution in [1.82, 2.24) is 14.3 Å². The molecule has 1 amide bonds. The number of hydrogen-bond donors (Lipinski definition) is 2. The Balaban J connectivity index is 1.94. The van der Waals surface area contributed by atoms with E-state index in [1.54, 1.807) is 31.4 Å². The number of aromatic amines is 1. The van der Waals surface area contributed by atoms with Gasteiger partial charge in [-0.3, -0.25) is 9.59 Å². The van der Waals surface area contributed by atoms with Gasteiger partial charge in [0.15, 0.2) is 5.52 Å². The Morgan fingerprint density at radius 1 is 1.38 bits per heavy atom. The lowest BCUT2D eigenvalue weighted by atomic mass is 10.3. The summed E-state index contributed by atoms with van der Waals surface area (Å²) >= 11 is 0.939. The number of carbonyl (C=O) groups excluding carboxylic acids is 1. The number of ether oxygens (including phenoxy) is 1. The van der Waals surface area contributed by atoms with Crippen LogP contribution in [0.3, 0.4) is 0 Å². The molecule has 0 aliphatic rings. The number of H-pyrrole nitrogens is 1. The number of nitrogens with one attached hydrogen (secondary N) is 2. The average Bonchev–Trinajstić information content (AvgIpc) is 2.93. The molecule has 21 heavy (non-hydrogen) atoms. The summed E-state index contributed by atoms with van der Waals surface area (Å²) in [5.41, 5.74) is 0.685. The summed E-state index contributed by atoms with van der Waals surface area (Å²) in [7, 11) is 1.55. The number of nitrogens with zero attached hydrogens (tertiary/aromatic N) is 2. The highest BCUT2D eigenvalue weighted by Crippen LogP contribution is 2.21. The molecule has 0 fully saturated rings. The first-order valence-corrected chi connectivity index (χ1v) is 6.75. The van der Waals surface area contributed by atoms with Crippen LogP contribution in [-0.4, -0.2) is 27.4 Å². The van der Waals surface area contributed by atoms with Crippen LogP contribution in [0.4, 0.5) is 5.69 Å². The van der Waals surface area contributed by atoms with Crippen molar-refractivity contribution in [3.05, 3.63) is 45.8 Å². The minimum atomic E-state index is -0.367. The lowest BCUT2D eigenvalue weighted by molar-refractivity contribution is 0.103. The molecule has 0 unspecified atom stereocenters. The Labute approximate surface area is 122 Å². The molecule has 106 valence electrons. The number of carbonyl (C=O) groups is 1. The van der Waals surface area contributed by atoms with Crippen molar-refractivity contribution in [1.29, 1.82) is 0 Å². The molecule has 0 radical (unpaired) electrons. The number of rotatable bonds is 3. The topological polar surface area (TPSA) is 97.0 Å². The second-order valence-corrected chi connectivity index (χ2v) is 4.90. The van der Waals surface area contributed by atoms with Crippen molar-refractivity contribution in [2.24, 2.45) is 0 Å². The molecule has 1 aromatic carbocycles. The quantitative estimate of drug-likeness (QED) is 0.766. The predicted molar refractivity (Wildman–Crippen MR) is 79.0 cm³/mol. The molecule has 0 saturated heterocycles. The Hall–Kier alpha value is -2.74. The standard InChI is InChI=1S/C13H10N4O3S/c1-20-8-4-2-3-7(5-8)16-13(19)11-9-10(17-21-11)12(18)15-6-14-9/h2-6H,1H3,(H,16,19)(H,14,15,18). The third-order valence-corrected chi connectivity index (χ3v) is 3.64. The number of aromatic nitrogens is 3. The number of hydrogen-bond acceptors (Lipinski definition) is 6. The van der Waals surface area contributed by atoms with Gasteiger partial charge >= 0.3 is 0 Å². The molecule has 0 atom stereocenters. The van der Waals surface area contributed by atoms with Crippen LogP contribution in [0.1, 0.15) is 9.67 Å². The van der Waals surface area contributed by atoms with Crippen LogP contribution in [0.25, 0.3) is 11.0 Å². The maximum atomic E-state index is 12.3. The first kappa shape index (κ1) is 13.3. The summed E-state index contributed by atoms with van der Waals surface area (Å²) < 4.78 is 9.06. The zero-order valence-electron chi connectivity index (χ0n) is 10.9. The molecule has 2 heterocycles. The fourth-order valence-electron chi connectivity index (χ4n) is 1.82. The van der Waals surface area contributed by atoms with Gasteiger partial charge in [0, 0.05) is 11.8 Å². The highest BCUT2D eigenvalue weighted by molar-refractivity contribution is 7.09. The van der Waals surface area contributed by atoms with Gasteiger partial charge in [-0.15, -0.1) is 0 Å². The van der Waals surface area contributed by atoms with E-state index >= 15 is 0 Å². The Morgan fingerprint density at radius 3 is 3.05 bits per heavy atom. The number of benzene rings is 1. The van der Waals surface area contributed by atoms with Gasteiger partial charge in [-0.25, -0.2) is 4.98 Å². The van der Waals surface area contributed by atoms with Crippen LogP contribution in [0, 0.1) is 0 Å². The second-order valence-electron chi connectivity index (χ2n) is 4.13. The zero-order chi connectivity index (χ0) is 14.8. The van der Waals surface area contributed by atoms with Gasteiger partial charge in [-0.1, -0.05) is 6.07 Å². The molecule has 0 aliphatic carbocycles. The van der Waals surface area contributed by atoms with E-state index in [0.717, 1.165) is 11.5 Å². The van der Waals surface area contributed by atoms with Crippen molar-refractivity contribution in [3.63, 3.8) is 0 Å². The van der Waals surface area contributed by atoms with E-state index < -0.39 is 0 Å². The number of amides is 1. The Morgan fingerprint density at radius 2 is 2.24 bits per heavy atom. The van der Waals surface area contributed by atoms with Crippen LogP contribution >= 0.6 is 11.5 Å². The number of methoxy groups -OCH3 is 1. The van der Waals surface area contributed by atoms with E-state index in [4.69, 9.17) is 4.74 Å². The first-order chi connectivity index (χ1) is 10.2. The van der Waals surface area contributed by atoms with Crippen LogP contribution < -0.4 is 15.6 Å². The fraction of sp³-hybridized carbons (Fsp3) is 0.0769. The molecule has 0 saturated carbocycles. The Kier molecular flexibility index (Phi) is 3.36. The number of anilines is 1. The van der Waals surface area contributed by atoms with Gasteiger partial charge in [-0.2, -0.15) is 4.37 Å². The summed E-state index contributed by atoms with van der Waals surface area (Å²) in [5, 5.41) is 2.73. The van der Waals surface area contributed by atoms with E-state index in [-0.39, 0.29) is 17.0 Å². The predicted octanol–water partition coefficient (Wildman–Crippen LogP) is 1.64. The third-order valence-electron chi connectivity index (χ3n) is 2.81. The molecule has 2 N–H and O–H groups in total. The highest BCUT2D eigenvalue weighted by Gasteiger charge is 2.17. The maximum Gasteiger partial charge on any atom is 0.278 e. The van der Waals surface area contributed by atoms with Crippen molar-refractivity contribution < 1.29 is 9.53 Å². The molecule has 8 heteroatoms. The van der Waals surface area contributed by atoms with E-state index in [2.05, 4.69) is 19.7 Å². The summed E-state index contributed by atoms with van der Waals surface area (Å²) in [6, 6.07) is 6.98. The molecule has 0 bridgehead atoms. The molecule has 2 aromatic heterocycles. The second kappa shape index (κ2) is 5.33. The summed E-state index contributed by atoms with van der Waals surface area (Å²) in [6.07, 6.45) is 1.25. The minimum absolute atomic E-state index is 0.165. The smallest absolute Gasteiger partial charge is 0.278 e. The molecule has 3 aromatic rings. The van der Waals surface area contributed by atoms with E-state index in [1.807, 2.05) is 0 Å².